The second-order valence-electron chi connectivity index (χ2n) is 9.28. The molecule has 0 bridgehead atoms. The first-order chi connectivity index (χ1) is 16.2. The predicted octanol–water partition coefficient (Wildman–Crippen LogP) is 2.58. The summed E-state index contributed by atoms with van der Waals surface area (Å²) in [6.07, 6.45) is 5.68. The number of aromatic nitrogens is 4. The molecule has 0 atom stereocenters. The van der Waals surface area contributed by atoms with Gasteiger partial charge in [0.2, 0.25) is 0 Å². The van der Waals surface area contributed by atoms with Gasteiger partial charge in [-0.2, -0.15) is 10.2 Å². The molecule has 6 rings (SSSR count). The first-order valence-electron chi connectivity index (χ1n) is 12.0. The molecule has 1 aliphatic carbocycles. The van der Waals surface area contributed by atoms with Crippen molar-refractivity contribution in [3.8, 4) is 0 Å². The molecule has 3 aliphatic rings. The van der Waals surface area contributed by atoms with Crippen LogP contribution in [0.4, 0.5) is 0 Å². The Labute approximate surface area is 192 Å². The number of nitrogens with zero attached hydrogens (tertiary/aromatic N) is 5. The zero-order chi connectivity index (χ0) is 22.4. The molecule has 8 heteroatoms. The lowest BCUT2D eigenvalue weighted by Gasteiger charge is -2.28. The van der Waals surface area contributed by atoms with Crippen molar-refractivity contribution in [3.63, 3.8) is 0 Å². The Bertz CT molecular complexity index is 1210. The number of aryl methyl sites for hydroxylation is 1. The lowest BCUT2D eigenvalue weighted by Crippen LogP contribution is -2.38. The highest BCUT2D eigenvalue weighted by Gasteiger charge is 2.34. The third kappa shape index (κ3) is 3.53. The molecule has 2 aromatic heterocycles. The maximum atomic E-state index is 13.4. The monoisotopic (exact) mass is 444 g/mol. The highest BCUT2D eigenvalue weighted by molar-refractivity contribution is 5.96. The van der Waals surface area contributed by atoms with Gasteiger partial charge in [-0.3, -0.25) is 19.4 Å². The van der Waals surface area contributed by atoms with Crippen LogP contribution in [-0.2, 0) is 32.4 Å². The van der Waals surface area contributed by atoms with Gasteiger partial charge in [-0.1, -0.05) is 30.3 Å². The molecule has 1 saturated heterocycles. The summed E-state index contributed by atoms with van der Waals surface area (Å²) >= 11 is 0. The van der Waals surface area contributed by atoms with Gasteiger partial charge in [0.05, 0.1) is 13.1 Å². The number of H-pyrrole nitrogens is 1. The normalized spacial score (nSPS) is 17.3. The number of benzene rings is 1. The predicted molar refractivity (Wildman–Crippen MR) is 122 cm³/mol. The molecule has 0 saturated carbocycles. The van der Waals surface area contributed by atoms with Crippen LogP contribution in [0.3, 0.4) is 0 Å². The van der Waals surface area contributed by atoms with Gasteiger partial charge in [0.1, 0.15) is 0 Å². The van der Waals surface area contributed by atoms with Crippen LogP contribution in [0.5, 0.6) is 0 Å². The summed E-state index contributed by atoms with van der Waals surface area (Å²) in [6, 6.07) is 10.2. The van der Waals surface area contributed by atoms with Crippen LogP contribution in [0.2, 0.25) is 0 Å². The second-order valence-corrected chi connectivity index (χ2v) is 9.28. The van der Waals surface area contributed by atoms with E-state index < -0.39 is 0 Å². The number of hydrogen-bond acceptors (Lipinski definition) is 4. The van der Waals surface area contributed by atoms with Crippen LogP contribution in [-0.4, -0.2) is 61.2 Å². The van der Waals surface area contributed by atoms with E-state index in [9.17, 15) is 9.59 Å². The molecule has 1 N–H and O–H groups in total. The molecule has 3 aromatic rings. The van der Waals surface area contributed by atoms with Crippen molar-refractivity contribution in [2.45, 2.75) is 51.6 Å². The number of hydrogen-bond donors (Lipinski definition) is 1. The molecule has 2 amide bonds. The fourth-order valence-corrected chi connectivity index (χ4v) is 5.44. The summed E-state index contributed by atoms with van der Waals surface area (Å²) in [5.74, 6) is -0.0547. The van der Waals surface area contributed by atoms with E-state index in [0.717, 1.165) is 73.3 Å². The van der Waals surface area contributed by atoms with Crippen molar-refractivity contribution >= 4 is 11.8 Å². The number of aromatic amines is 1. The molecule has 0 spiro atoms. The lowest BCUT2D eigenvalue weighted by atomic mass is 10.0. The number of amides is 2. The van der Waals surface area contributed by atoms with E-state index in [0.29, 0.717) is 37.4 Å². The Morgan fingerprint density at radius 2 is 1.64 bits per heavy atom. The number of carbonyl (C=O) groups excluding carboxylic acids is 2. The van der Waals surface area contributed by atoms with Gasteiger partial charge < -0.3 is 9.80 Å². The van der Waals surface area contributed by atoms with Crippen LogP contribution in [0.1, 0.15) is 68.3 Å². The Morgan fingerprint density at radius 3 is 2.45 bits per heavy atom. The SMILES string of the molecule is O=C(c1n[nH]c2c1CCC2)N1CCc2c(c(C(=O)N3CCCC3)nn2Cc2ccccc2)C1. The zero-order valence-electron chi connectivity index (χ0n) is 18.7. The number of nitrogens with one attached hydrogen (secondary N) is 1. The molecule has 4 heterocycles. The maximum Gasteiger partial charge on any atom is 0.274 e. The Hall–Kier alpha value is -3.42. The van der Waals surface area contributed by atoms with Gasteiger partial charge in [0.15, 0.2) is 11.4 Å². The van der Waals surface area contributed by atoms with E-state index in [2.05, 4.69) is 22.3 Å². The van der Waals surface area contributed by atoms with Crippen molar-refractivity contribution in [1.82, 2.24) is 29.8 Å². The van der Waals surface area contributed by atoms with Crippen molar-refractivity contribution in [1.29, 1.82) is 0 Å². The van der Waals surface area contributed by atoms with E-state index >= 15 is 0 Å². The summed E-state index contributed by atoms with van der Waals surface area (Å²) in [6.45, 7) is 3.18. The van der Waals surface area contributed by atoms with E-state index in [1.165, 1.54) is 0 Å². The summed E-state index contributed by atoms with van der Waals surface area (Å²) in [7, 11) is 0. The molecule has 2 aliphatic heterocycles. The van der Waals surface area contributed by atoms with Crippen LogP contribution < -0.4 is 0 Å². The van der Waals surface area contributed by atoms with Crippen LogP contribution >= 0.6 is 0 Å². The fraction of sp³-hybridized carbons (Fsp3) is 0.440. The third-order valence-electron chi connectivity index (χ3n) is 7.20. The number of rotatable bonds is 4. The smallest absolute Gasteiger partial charge is 0.274 e. The minimum absolute atomic E-state index is 0.00878. The molecule has 0 radical (unpaired) electrons. The molecule has 170 valence electrons. The lowest BCUT2D eigenvalue weighted by molar-refractivity contribution is 0.0716. The van der Waals surface area contributed by atoms with E-state index in [-0.39, 0.29) is 11.8 Å². The van der Waals surface area contributed by atoms with Crippen LogP contribution in [0.25, 0.3) is 0 Å². The summed E-state index contributed by atoms with van der Waals surface area (Å²) in [5.41, 5.74) is 6.33. The van der Waals surface area contributed by atoms with Crippen LogP contribution in [0.15, 0.2) is 30.3 Å². The quantitative estimate of drug-likeness (QED) is 0.670. The average molecular weight is 445 g/mol. The number of fused-ring (bicyclic) bond motifs is 2. The van der Waals surface area contributed by atoms with Crippen molar-refractivity contribution in [2.75, 3.05) is 19.6 Å². The minimum Gasteiger partial charge on any atom is -0.337 e. The van der Waals surface area contributed by atoms with E-state index in [4.69, 9.17) is 5.10 Å². The highest BCUT2D eigenvalue weighted by Crippen LogP contribution is 2.29. The van der Waals surface area contributed by atoms with Crippen molar-refractivity contribution < 1.29 is 9.59 Å². The number of carbonyl (C=O) groups is 2. The molecule has 1 fully saturated rings. The summed E-state index contributed by atoms with van der Waals surface area (Å²) in [5, 5.41) is 12.2. The second kappa shape index (κ2) is 8.17. The standard InChI is InChI=1S/C25H28N6O2/c32-24(22-18-9-6-10-20(18)26-27-22)30-14-11-21-19(16-30)23(25(33)29-12-4-5-13-29)28-31(21)15-17-7-2-1-3-8-17/h1-3,7-8H,4-6,9-16H2,(H,26,27). The Balaban J connectivity index is 1.33. The first kappa shape index (κ1) is 20.2. The Kier molecular flexibility index (Phi) is 5.00. The summed E-state index contributed by atoms with van der Waals surface area (Å²) < 4.78 is 1.97. The minimum atomic E-state index is -0.0459. The Morgan fingerprint density at radius 1 is 0.848 bits per heavy atom. The molecule has 0 unspecified atom stereocenters. The van der Waals surface area contributed by atoms with Gasteiger partial charge in [0, 0.05) is 48.6 Å². The number of likely N-dealkylation sites (tertiary alicyclic amines) is 1. The van der Waals surface area contributed by atoms with Crippen molar-refractivity contribution in [2.24, 2.45) is 0 Å². The topological polar surface area (TPSA) is 87.1 Å². The largest absolute Gasteiger partial charge is 0.337 e. The van der Waals surface area contributed by atoms with Gasteiger partial charge in [-0.15, -0.1) is 0 Å². The summed E-state index contributed by atoms with van der Waals surface area (Å²) in [4.78, 5) is 30.5. The maximum absolute atomic E-state index is 13.4. The zero-order valence-corrected chi connectivity index (χ0v) is 18.7. The fourth-order valence-electron chi connectivity index (χ4n) is 5.44. The molecule has 1 aromatic carbocycles. The molecular formula is C25H28N6O2. The van der Waals surface area contributed by atoms with Gasteiger partial charge in [-0.25, -0.2) is 0 Å². The molecular weight excluding hydrogens is 416 g/mol. The third-order valence-corrected chi connectivity index (χ3v) is 7.20. The highest BCUT2D eigenvalue weighted by atomic mass is 16.2. The van der Waals surface area contributed by atoms with Gasteiger partial charge >= 0.3 is 0 Å². The van der Waals surface area contributed by atoms with E-state index in [1.807, 2.05) is 32.7 Å². The first-order valence-corrected chi connectivity index (χ1v) is 12.0. The van der Waals surface area contributed by atoms with Gasteiger partial charge in [-0.05, 0) is 37.7 Å². The van der Waals surface area contributed by atoms with E-state index in [1.54, 1.807) is 0 Å². The van der Waals surface area contributed by atoms with Crippen LogP contribution in [0, 0.1) is 0 Å². The molecule has 33 heavy (non-hydrogen) atoms. The molecule has 8 nitrogen and oxygen atoms in total. The van der Waals surface area contributed by atoms with Gasteiger partial charge in [0.25, 0.3) is 11.8 Å². The van der Waals surface area contributed by atoms with Crippen molar-refractivity contribution in [3.05, 3.63) is 69.8 Å². The average Bonchev–Trinajstić information content (AvgIpc) is 3.63.